The van der Waals surface area contributed by atoms with E-state index in [0.717, 1.165) is 19.6 Å². The van der Waals surface area contributed by atoms with Gasteiger partial charge in [-0.1, -0.05) is 45.9 Å². The van der Waals surface area contributed by atoms with Gasteiger partial charge in [-0.2, -0.15) is 0 Å². The fourth-order valence-electron chi connectivity index (χ4n) is 2.92. The highest BCUT2D eigenvalue weighted by atomic mass is 15.2. The van der Waals surface area contributed by atoms with Crippen molar-refractivity contribution in [1.29, 1.82) is 0 Å². The average Bonchev–Trinajstić information content (AvgIpc) is 2.50. The molecule has 1 aromatic rings. The van der Waals surface area contributed by atoms with Crippen LogP contribution in [0.15, 0.2) is 24.3 Å². The van der Waals surface area contributed by atoms with Crippen molar-refractivity contribution in [2.45, 2.75) is 46.1 Å². The van der Waals surface area contributed by atoms with E-state index in [1.807, 2.05) is 0 Å². The Kier molecular flexibility index (Phi) is 4.19. The van der Waals surface area contributed by atoms with Crippen LogP contribution in [0.3, 0.4) is 0 Å². The van der Waals surface area contributed by atoms with Gasteiger partial charge in [0.05, 0.1) is 0 Å². The quantitative estimate of drug-likeness (QED) is 0.832. The van der Waals surface area contributed by atoms with Gasteiger partial charge >= 0.3 is 0 Å². The molecule has 0 aliphatic carbocycles. The zero-order valence-corrected chi connectivity index (χ0v) is 13.0. The number of rotatable bonds is 1. The molecule has 0 aromatic heterocycles. The first-order valence-electron chi connectivity index (χ1n) is 7.46. The van der Waals surface area contributed by atoms with Crippen molar-refractivity contribution in [2.24, 2.45) is 5.92 Å². The van der Waals surface area contributed by atoms with E-state index in [9.17, 15) is 0 Å². The molecule has 106 valence electrons. The standard InChI is InChI=1S/C17H28N2/c1-13-10-18-11-14(2)19(12-13)16-9-7-6-8-15(16)17(3,4)5/h6-9,13-14,18H,10-12H2,1-5H3. The van der Waals surface area contributed by atoms with Gasteiger partial charge in [-0.15, -0.1) is 0 Å². The van der Waals surface area contributed by atoms with Gasteiger partial charge in [-0.3, -0.25) is 0 Å². The summed E-state index contributed by atoms with van der Waals surface area (Å²) in [5.74, 6) is 0.693. The van der Waals surface area contributed by atoms with Crippen molar-refractivity contribution in [3.8, 4) is 0 Å². The van der Waals surface area contributed by atoms with E-state index in [1.54, 1.807) is 0 Å². The Balaban J connectivity index is 2.39. The van der Waals surface area contributed by atoms with Crippen LogP contribution < -0.4 is 10.2 Å². The van der Waals surface area contributed by atoms with Gasteiger partial charge < -0.3 is 10.2 Å². The minimum absolute atomic E-state index is 0.194. The molecule has 2 rings (SSSR count). The summed E-state index contributed by atoms with van der Waals surface area (Å²) in [5.41, 5.74) is 3.06. The third-order valence-corrected chi connectivity index (χ3v) is 3.99. The summed E-state index contributed by atoms with van der Waals surface area (Å²) in [7, 11) is 0. The summed E-state index contributed by atoms with van der Waals surface area (Å²) in [6.07, 6.45) is 0. The molecule has 19 heavy (non-hydrogen) atoms. The highest BCUT2D eigenvalue weighted by molar-refractivity contribution is 5.57. The summed E-state index contributed by atoms with van der Waals surface area (Å²) in [6, 6.07) is 9.45. The summed E-state index contributed by atoms with van der Waals surface area (Å²) in [6.45, 7) is 14.9. The topological polar surface area (TPSA) is 15.3 Å². The lowest BCUT2D eigenvalue weighted by Gasteiger charge is -2.35. The lowest BCUT2D eigenvalue weighted by atomic mass is 9.85. The van der Waals surface area contributed by atoms with Gasteiger partial charge in [-0.25, -0.2) is 0 Å². The number of nitrogens with zero attached hydrogens (tertiary/aromatic N) is 1. The van der Waals surface area contributed by atoms with Gasteiger partial charge in [0.2, 0.25) is 0 Å². The highest BCUT2D eigenvalue weighted by Gasteiger charge is 2.26. The molecule has 2 atom stereocenters. The maximum atomic E-state index is 3.56. The van der Waals surface area contributed by atoms with Crippen molar-refractivity contribution in [3.63, 3.8) is 0 Å². The van der Waals surface area contributed by atoms with Gasteiger partial charge in [-0.05, 0) is 36.4 Å². The van der Waals surface area contributed by atoms with Crippen LogP contribution in [0.25, 0.3) is 0 Å². The van der Waals surface area contributed by atoms with E-state index in [-0.39, 0.29) is 5.41 Å². The predicted molar refractivity (Wildman–Crippen MR) is 84.0 cm³/mol. The number of anilines is 1. The minimum atomic E-state index is 0.194. The molecule has 1 aliphatic rings. The van der Waals surface area contributed by atoms with Gasteiger partial charge in [0.15, 0.2) is 0 Å². The molecule has 0 radical (unpaired) electrons. The molecule has 0 saturated carbocycles. The summed E-state index contributed by atoms with van der Waals surface area (Å²) in [4.78, 5) is 2.59. The maximum Gasteiger partial charge on any atom is 0.0407 e. The molecule has 0 spiro atoms. The Morgan fingerprint density at radius 2 is 1.79 bits per heavy atom. The molecule has 2 unspecified atom stereocenters. The van der Waals surface area contributed by atoms with Crippen molar-refractivity contribution in [2.75, 3.05) is 24.5 Å². The third kappa shape index (κ3) is 3.30. The second kappa shape index (κ2) is 5.54. The fraction of sp³-hybridized carbons (Fsp3) is 0.647. The zero-order chi connectivity index (χ0) is 14.0. The Labute approximate surface area is 118 Å². The Bertz CT molecular complexity index is 420. The van der Waals surface area contributed by atoms with Crippen LogP contribution in [0.4, 0.5) is 5.69 Å². The molecule has 1 aromatic carbocycles. The number of para-hydroxylation sites is 1. The molecule has 2 heteroatoms. The highest BCUT2D eigenvalue weighted by Crippen LogP contribution is 2.33. The number of hydrogen-bond acceptors (Lipinski definition) is 2. The molecule has 1 aliphatic heterocycles. The number of benzene rings is 1. The van der Waals surface area contributed by atoms with Crippen molar-refractivity contribution in [3.05, 3.63) is 29.8 Å². The number of nitrogens with one attached hydrogen (secondary N) is 1. The first kappa shape index (κ1) is 14.4. The van der Waals surface area contributed by atoms with Crippen molar-refractivity contribution < 1.29 is 0 Å². The lowest BCUT2D eigenvalue weighted by Crippen LogP contribution is -2.39. The fourth-order valence-corrected chi connectivity index (χ4v) is 2.92. The molecule has 2 nitrogen and oxygen atoms in total. The summed E-state index contributed by atoms with van der Waals surface area (Å²) in [5, 5.41) is 3.56. The number of hydrogen-bond donors (Lipinski definition) is 1. The van der Waals surface area contributed by atoms with E-state index >= 15 is 0 Å². The van der Waals surface area contributed by atoms with Crippen LogP contribution in [0.1, 0.15) is 40.2 Å². The van der Waals surface area contributed by atoms with E-state index in [4.69, 9.17) is 0 Å². The first-order chi connectivity index (χ1) is 8.89. The lowest BCUT2D eigenvalue weighted by molar-refractivity contribution is 0.555. The van der Waals surface area contributed by atoms with Crippen LogP contribution in [0, 0.1) is 5.92 Å². The van der Waals surface area contributed by atoms with Gasteiger partial charge in [0.1, 0.15) is 0 Å². The molecule has 0 amide bonds. The normalized spacial score (nSPS) is 25.2. The predicted octanol–water partition coefficient (Wildman–Crippen LogP) is 3.42. The molecule has 0 bridgehead atoms. The molecule has 1 heterocycles. The molecular formula is C17H28N2. The van der Waals surface area contributed by atoms with Crippen LogP contribution in [-0.2, 0) is 5.41 Å². The van der Waals surface area contributed by atoms with E-state index in [0.29, 0.717) is 12.0 Å². The molecule has 1 N–H and O–H groups in total. The Morgan fingerprint density at radius 1 is 1.11 bits per heavy atom. The van der Waals surface area contributed by atoms with Crippen LogP contribution in [0.2, 0.25) is 0 Å². The molecule has 1 saturated heterocycles. The SMILES string of the molecule is CC1CNCC(C)N(c2ccccc2C(C)(C)C)C1. The first-order valence-corrected chi connectivity index (χ1v) is 7.46. The van der Waals surface area contributed by atoms with Crippen LogP contribution in [0.5, 0.6) is 0 Å². The summed E-state index contributed by atoms with van der Waals surface area (Å²) < 4.78 is 0. The van der Waals surface area contributed by atoms with E-state index in [1.165, 1.54) is 11.3 Å². The summed E-state index contributed by atoms with van der Waals surface area (Å²) >= 11 is 0. The monoisotopic (exact) mass is 260 g/mol. The van der Waals surface area contributed by atoms with Gasteiger partial charge in [0, 0.05) is 24.8 Å². The minimum Gasteiger partial charge on any atom is -0.367 e. The molecular weight excluding hydrogens is 232 g/mol. The Morgan fingerprint density at radius 3 is 2.47 bits per heavy atom. The maximum absolute atomic E-state index is 3.56. The smallest absolute Gasteiger partial charge is 0.0407 e. The Hall–Kier alpha value is -1.02. The second-order valence-electron chi connectivity index (χ2n) is 7.03. The van der Waals surface area contributed by atoms with Gasteiger partial charge in [0.25, 0.3) is 0 Å². The van der Waals surface area contributed by atoms with Crippen molar-refractivity contribution in [1.82, 2.24) is 5.32 Å². The van der Waals surface area contributed by atoms with Crippen molar-refractivity contribution >= 4 is 5.69 Å². The zero-order valence-electron chi connectivity index (χ0n) is 13.0. The molecule has 1 fully saturated rings. The largest absolute Gasteiger partial charge is 0.367 e. The second-order valence-corrected chi connectivity index (χ2v) is 7.03. The van der Waals surface area contributed by atoms with Crippen LogP contribution in [-0.4, -0.2) is 25.7 Å². The van der Waals surface area contributed by atoms with E-state index in [2.05, 4.69) is 69.1 Å². The third-order valence-electron chi connectivity index (χ3n) is 3.99. The van der Waals surface area contributed by atoms with E-state index < -0.39 is 0 Å². The van der Waals surface area contributed by atoms with Crippen LogP contribution >= 0.6 is 0 Å². The average molecular weight is 260 g/mol.